The Balaban J connectivity index is 1.61. The Kier molecular flexibility index (Phi) is 6.34. The molecule has 0 bridgehead atoms. The first-order valence-corrected chi connectivity index (χ1v) is 9.38. The molecular formula is C14H22N10O2S. The van der Waals surface area contributed by atoms with Crippen molar-refractivity contribution in [3.8, 4) is 0 Å². The van der Waals surface area contributed by atoms with E-state index in [4.69, 9.17) is 4.74 Å². The number of nitrogens with one attached hydrogen (secondary N) is 1. The highest BCUT2D eigenvalue weighted by Crippen LogP contribution is 2.15. The van der Waals surface area contributed by atoms with Crippen LogP contribution >= 0.6 is 11.8 Å². The minimum Gasteiger partial charge on any atom is -0.378 e. The van der Waals surface area contributed by atoms with E-state index in [-0.39, 0.29) is 18.2 Å². The Labute approximate surface area is 160 Å². The van der Waals surface area contributed by atoms with Crippen LogP contribution in [0.5, 0.6) is 0 Å². The second kappa shape index (κ2) is 8.90. The van der Waals surface area contributed by atoms with Gasteiger partial charge in [0.1, 0.15) is 0 Å². The summed E-state index contributed by atoms with van der Waals surface area (Å²) in [6, 6.07) is 0. The summed E-state index contributed by atoms with van der Waals surface area (Å²) >= 11 is 1.26. The number of thioether (sulfide) groups is 1. The SMILES string of the molecule is CN(C)c1nc(CNC(=O)CSc2nnnn2C)nc(N2CCOCC2)n1. The van der Waals surface area contributed by atoms with E-state index in [9.17, 15) is 4.79 Å². The molecule has 0 spiro atoms. The molecule has 0 atom stereocenters. The number of amides is 1. The minimum absolute atomic E-state index is 0.150. The van der Waals surface area contributed by atoms with Crippen LogP contribution in [0.25, 0.3) is 0 Å². The highest BCUT2D eigenvalue weighted by Gasteiger charge is 2.17. The monoisotopic (exact) mass is 394 g/mol. The number of hydrogen-bond acceptors (Lipinski definition) is 11. The fourth-order valence-corrected chi connectivity index (χ4v) is 2.96. The van der Waals surface area contributed by atoms with E-state index < -0.39 is 0 Å². The lowest BCUT2D eigenvalue weighted by Gasteiger charge is -2.27. The predicted molar refractivity (Wildman–Crippen MR) is 98.6 cm³/mol. The van der Waals surface area contributed by atoms with E-state index in [0.717, 1.165) is 13.1 Å². The van der Waals surface area contributed by atoms with Crippen molar-refractivity contribution in [3.05, 3.63) is 5.82 Å². The number of rotatable bonds is 7. The first kappa shape index (κ1) is 19.2. The van der Waals surface area contributed by atoms with E-state index in [1.807, 2.05) is 19.0 Å². The van der Waals surface area contributed by atoms with Crippen molar-refractivity contribution in [2.75, 3.05) is 56.0 Å². The Hall–Kier alpha value is -2.54. The second-order valence-corrected chi connectivity index (χ2v) is 6.94. The molecule has 0 radical (unpaired) electrons. The number of aromatic nitrogens is 7. The molecule has 146 valence electrons. The molecule has 0 saturated carbocycles. The van der Waals surface area contributed by atoms with Crippen LogP contribution in [0.2, 0.25) is 0 Å². The zero-order valence-electron chi connectivity index (χ0n) is 15.5. The van der Waals surface area contributed by atoms with Crippen LogP contribution in [0.15, 0.2) is 5.16 Å². The van der Waals surface area contributed by atoms with Crippen LogP contribution in [-0.4, -0.2) is 87.2 Å². The minimum atomic E-state index is -0.150. The smallest absolute Gasteiger partial charge is 0.230 e. The Bertz CT molecular complexity index is 777. The number of hydrogen-bond donors (Lipinski definition) is 1. The average Bonchev–Trinajstić information content (AvgIpc) is 3.10. The molecule has 1 aliphatic heterocycles. The van der Waals surface area contributed by atoms with Gasteiger partial charge in [-0.3, -0.25) is 4.79 Å². The number of aryl methyl sites for hydroxylation is 1. The maximum absolute atomic E-state index is 12.1. The first-order valence-electron chi connectivity index (χ1n) is 8.40. The van der Waals surface area contributed by atoms with Crippen LogP contribution < -0.4 is 15.1 Å². The van der Waals surface area contributed by atoms with Crippen molar-refractivity contribution in [1.82, 2.24) is 40.5 Å². The lowest BCUT2D eigenvalue weighted by Crippen LogP contribution is -2.38. The summed E-state index contributed by atoms with van der Waals surface area (Å²) in [5.74, 6) is 1.71. The zero-order chi connectivity index (χ0) is 19.2. The number of morpholine rings is 1. The summed E-state index contributed by atoms with van der Waals surface area (Å²) < 4.78 is 6.89. The average molecular weight is 394 g/mol. The van der Waals surface area contributed by atoms with Crippen molar-refractivity contribution in [1.29, 1.82) is 0 Å². The third kappa shape index (κ3) is 5.23. The predicted octanol–water partition coefficient (Wildman–Crippen LogP) is -1.29. The Morgan fingerprint density at radius 1 is 1.26 bits per heavy atom. The Morgan fingerprint density at radius 2 is 2.04 bits per heavy atom. The van der Waals surface area contributed by atoms with Gasteiger partial charge in [-0.2, -0.15) is 15.0 Å². The maximum Gasteiger partial charge on any atom is 0.230 e. The van der Waals surface area contributed by atoms with Gasteiger partial charge in [0.05, 0.1) is 25.5 Å². The number of nitrogens with zero attached hydrogens (tertiary/aromatic N) is 9. The third-order valence-electron chi connectivity index (χ3n) is 3.71. The maximum atomic E-state index is 12.1. The van der Waals surface area contributed by atoms with E-state index in [0.29, 0.717) is 36.1 Å². The molecule has 1 amide bonds. The standard InChI is InChI=1S/C14H22N10O2S/c1-22(2)12-16-10(17-13(18-12)24-4-6-26-7-5-24)8-15-11(25)9-27-14-19-20-21-23(14)3/h4-9H2,1-3H3,(H,15,25). The molecule has 0 aliphatic carbocycles. The van der Waals surface area contributed by atoms with Crippen molar-refractivity contribution < 1.29 is 9.53 Å². The summed E-state index contributed by atoms with van der Waals surface area (Å²) in [5.41, 5.74) is 0. The highest BCUT2D eigenvalue weighted by atomic mass is 32.2. The molecule has 3 heterocycles. The number of carbonyl (C=O) groups excluding carboxylic acids is 1. The third-order valence-corrected chi connectivity index (χ3v) is 4.72. The number of tetrazole rings is 1. The van der Waals surface area contributed by atoms with E-state index in [1.165, 1.54) is 16.4 Å². The molecular weight excluding hydrogens is 372 g/mol. The normalized spacial score (nSPS) is 14.3. The molecule has 13 heteroatoms. The lowest BCUT2D eigenvalue weighted by molar-refractivity contribution is -0.118. The summed E-state index contributed by atoms with van der Waals surface area (Å²) in [6.07, 6.45) is 0. The van der Waals surface area contributed by atoms with Gasteiger partial charge in [-0.25, -0.2) is 4.68 Å². The van der Waals surface area contributed by atoms with Crippen molar-refractivity contribution in [2.45, 2.75) is 11.7 Å². The fourth-order valence-electron chi connectivity index (χ4n) is 2.28. The van der Waals surface area contributed by atoms with Gasteiger partial charge >= 0.3 is 0 Å². The second-order valence-electron chi connectivity index (χ2n) is 6.00. The van der Waals surface area contributed by atoms with Gasteiger partial charge in [0.2, 0.25) is 23.0 Å². The van der Waals surface area contributed by atoms with Crippen LogP contribution in [-0.2, 0) is 23.1 Å². The summed E-state index contributed by atoms with van der Waals surface area (Å²) in [6.45, 7) is 2.96. The molecule has 27 heavy (non-hydrogen) atoms. The molecule has 1 aliphatic rings. The van der Waals surface area contributed by atoms with E-state index in [1.54, 1.807) is 7.05 Å². The lowest BCUT2D eigenvalue weighted by atomic mass is 10.4. The van der Waals surface area contributed by atoms with Crippen LogP contribution in [0.3, 0.4) is 0 Å². The van der Waals surface area contributed by atoms with Gasteiger partial charge in [0, 0.05) is 34.2 Å². The van der Waals surface area contributed by atoms with Crippen LogP contribution in [0.1, 0.15) is 5.82 Å². The van der Waals surface area contributed by atoms with Crippen molar-refractivity contribution in [3.63, 3.8) is 0 Å². The molecule has 12 nitrogen and oxygen atoms in total. The summed E-state index contributed by atoms with van der Waals surface area (Å²) in [5, 5.41) is 14.5. The number of anilines is 2. The molecule has 2 aromatic rings. The van der Waals surface area contributed by atoms with Gasteiger partial charge in [0.25, 0.3) is 0 Å². The van der Waals surface area contributed by atoms with Gasteiger partial charge < -0.3 is 19.9 Å². The number of carbonyl (C=O) groups is 1. The molecule has 0 aromatic carbocycles. The van der Waals surface area contributed by atoms with Gasteiger partial charge in [-0.15, -0.1) is 5.10 Å². The molecule has 3 rings (SSSR count). The molecule has 1 saturated heterocycles. The van der Waals surface area contributed by atoms with Crippen molar-refractivity contribution >= 4 is 29.6 Å². The van der Waals surface area contributed by atoms with E-state index >= 15 is 0 Å². The Morgan fingerprint density at radius 3 is 2.70 bits per heavy atom. The van der Waals surface area contributed by atoms with Gasteiger partial charge in [-0.1, -0.05) is 11.8 Å². The van der Waals surface area contributed by atoms with Gasteiger partial charge in [0.15, 0.2) is 5.82 Å². The highest BCUT2D eigenvalue weighted by molar-refractivity contribution is 7.99. The largest absolute Gasteiger partial charge is 0.378 e. The summed E-state index contributed by atoms with van der Waals surface area (Å²) in [4.78, 5) is 29.4. The number of ether oxygens (including phenoxy) is 1. The van der Waals surface area contributed by atoms with Gasteiger partial charge in [-0.05, 0) is 10.4 Å². The molecule has 1 fully saturated rings. The molecule has 1 N–H and O–H groups in total. The van der Waals surface area contributed by atoms with E-state index in [2.05, 4.69) is 40.7 Å². The van der Waals surface area contributed by atoms with Crippen LogP contribution in [0.4, 0.5) is 11.9 Å². The molecule has 0 unspecified atom stereocenters. The quantitative estimate of drug-likeness (QED) is 0.563. The van der Waals surface area contributed by atoms with Crippen LogP contribution in [0, 0.1) is 0 Å². The first-order chi connectivity index (χ1) is 13.0. The molecule has 2 aromatic heterocycles. The van der Waals surface area contributed by atoms with Crippen molar-refractivity contribution in [2.24, 2.45) is 7.05 Å². The zero-order valence-corrected chi connectivity index (χ0v) is 16.3. The topological polar surface area (TPSA) is 127 Å². The summed E-state index contributed by atoms with van der Waals surface area (Å²) in [7, 11) is 5.46. The fraction of sp³-hybridized carbons (Fsp3) is 0.643.